The van der Waals surface area contributed by atoms with Crippen LogP contribution >= 0.6 is 11.6 Å². The molecule has 0 saturated heterocycles. The van der Waals surface area contributed by atoms with E-state index in [4.69, 9.17) is 11.6 Å². The van der Waals surface area contributed by atoms with Crippen LogP contribution in [0.2, 0.25) is 5.02 Å². The Bertz CT molecular complexity index is 480. The Labute approximate surface area is 99.6 Å². The van der Waals surface area contributed by atoms with Gasteiger partial charge >= 0.3 is 0 Å². The van der Waals surface area contributed by atoms with Crippen molar-refractivity contribution in [2.24, 2.45) is 5.10 Å². The maximum atomic E-state index is 5.85. The summed E-state index contributed by atoms with van der Waals surface area (Å²) < 4.78 is 0. The molecule has 0 fully saturated rings. The van der Waals surface area contributed by atoms with Gasteiger partial charge in [-0.05, 0) is 23.8 Å². The smallest absolute Gasteiger partial charge is 0.0576 e. The number of hydrogen-bond acceptors (Lipinski definition) is 2. The normalized spacial score (nSPS) is 10.6. The van der Waals surface area contributed by atoms with E-state index in [1.165, 1.54) is 0 Å². The molecule has 2 rings (SSSR count). The summed E-state index contributed by atoms with van der Waals surface area (Å²) in [5, 5.41) is 4.81. The van der Waals surface area contributed by atoms with Gasteiger partial charge in [-0.3, -0.25) is 5.43 Å². The van der Waals surface area contributed by atoms with Gasteiger partial charge in [0.05, 0.1) is 11.9 Å². The zero-order chi connectivity index (χ0) is 11.2. The van der Waals surface area contributed by atoms with Crippen LogP contribution in [0.1, 0.15) is 5.56 Å². The van der Waals surface area contributed by atoms with E-state index in [1.54, 1.807) is 6.21 Å². The molecule has 0 amide bonds. The van der Waals surface area contributed by atoms with Gasteiger partial charge in [0.25, 0.3) is 0 Å². The van der Waals surface area contributed by atoms with Gasteiger partial charge < -0.3 is 0 Å². The van der Waals surface area contributed by atoms with Gasteiger partial charge in [0, 0.05) is 5.02 Å². The summed E-state index contributed by atoms with van der Waals surface area (Å²) in [4.78, 5) is 0. The van der Waals surface area contributed by atoms with Crippen molar-refractivity contribution in [3.8, 4) is 0 Å². The third kappa shape index (κ3) is 3.11. The molecule has 0 aliphatic carbocycles. The summed E-state index contributed by atoms with van der Waals surface area (Å²) in [6, 6.07) is 17.3. The first-order chi connectivity index (χ1) is 7.84. The highest BCUT2D eigenvalue weighted by atomic mass is 35.5. The molecule has 0 heterocycles. The fourth-order valence-corrected chi connectivity index (χ4v) is 1.47. The molecule has 0 aliphatic rings. The minimum absolute atomic E-state index is 0.694. The van der Waals surface area contributed by atoms with Crippen molar-refractivity contribution in [3.05, 3.63) is 65.2 Å². The Kier molecular flexibility index (Phi) is 3.57. The molecule has 80 valence electrons. The summed E-state index contributed by atoms with van der Waals surface area (Å²) in [7, 11) is 0. The molecule has 0 unspecified atom stereocenters. The van der Waals surface area contributed by atoms with Crippen molar-refractivity contribution in [2.75, 3.05) is 5.43 Å². The number of hydrogen-bond donors (Lipinski definition) is 1. The lowest BCUT2D eigenvalue weighted by Crippen LogP contribution is -1.89. The number of anilines is 1. The van der Waals surface area contributed by atoms with Gasteiger partial charge in [-0.15, -0.1) is 0 Å². The highest BCUT2D eigenvalue weighted by Crippen LogP contribution is 2.14. The van der Waals surface area contributed by atoms with Crippen molar-refractivity contribution >= 4 is 23.5 Å². The molecule has 0 saturated carbocycles. The van der Waals surface area contributed by atoms with Gasteiger partial charge in [-0.25, -0.2) is 0 Å². The minimum Gasteiger partial charge on any atom is -0.278 e. The highest BCUT2D eigenvalue weighted by molar-refractivity contribution is 6.30. The number of benzene rings is 2. The quantitative estimate of drug-likeness (QED) is 0.630. The van der Waals surface area contributed by atoms with Gasteiger partial charge in [0.1, 0.15) is 0 Å². The van der Waals surface area contributed by atoms with Crippen LogP contribution in [-0.2, 0) is 0 Å². The van der Waals surface area contributed by atoms with Gasteiger partial charge in [0.15, 0.2) is 0 Å². The molecule has 0 aromatic heterocycles. The van der Waals surface area contributed by atoms with E-state index in [1.807, 2.05) is 54.6 Å². The van der Waals surface area contributed by atoms with Crippen molar-refractivity contribution in [1.82, 2.24) is 0 Å². The number of rotatable bonds is 3. The maximum Gasteiger partial charge on any atom is 0.0576 e. The van der Waals surface area contributed by atoms with Crippen LogP contribution in [0.5, 0.6) is 0 Å². The molecular weight excluding hydrogens is 220 g/mol. The molecule has 2 aromatic rings. The van der Waals surface area contributed by atoms with Crippen LogP contribution < -0.4 is 5.43 Å². The molecule has 3 heteroatoms. The predicted octanol–water partition coefficient (Wildman–Crippen LogP) is 3.79. The standard InChI is InChI=1S/C13H11ClN2/c14-12-7-4-8-13(9-12)16-15-10-11-5-2-1-3-6-11/h1-10,16H/b15-10+. The lowest BCUT2D eigenvalue weighted by atomic mass is 10.2. The number of hydrazone groups is 1. The van der Waals surface area contributed by atoms with Crippen LogP contribution in [0.15, 0.2) is 59.7 Å². The number of nitrogens with one attached hydrogen (secondary N) is 1. The molecule has 2 aromatic carbocycles. The first kappa shape index (κ1) is 10.7. The molecule has 16 heavy (non-hydrogen) atoms. The molecule has 0 atom stereocenters. The Morgan fingerprint density at radius 1 is 1.00 bits per heavy atom. The predicted molar refractivity (Wildman–Crippen MR) is 69.1 cm³/mol. The summed E-state index contributed by atoms with van der Waals surface area (Å²) in [5.41, 5.74) is 4.85. The van der Waals surface area contributed by atoms with E-state index >= 15 is 0 Å². The molecule has 1 N–H and O–H groups in total. The molecular formula is C13H11ClN2. The van der Waals surface area contributed by atoms with Gasteiger partial charge in [0.2, 0.25) is 0 Å². The molecule has 0 radical (unpaired) electrons. The topological polar surface area (TPSA) is 24.4 Å². The van der Waals surface area contributed by atoms with Crippen LogP contribution in [0.4, 0.5) is 5.69 Å². The first-order valence-corrected chi connectivity index (χ1v) is 5.32. The monoisotopic (exact) mass is 230 g/mol. The summed E-state index contributed by atoms with van der Waals surface area (Å²) in [6.45, 7) is 0. The average molecular weight is 231 g/mol. The fourth-order valence-electron chi connectivity index (χ4n) is 1.28. The van der Waals surface area contributed by atoms with Crippen molar-refractivity contribution in [1.29, 1.82) is 0 Å². The van der Waals surface area contributed by atoms with Crippen LogP contribution in [0.25, 0.3) is 0 Å². The summed E-state index contributed by atoms with van der Waals surface area (Å²) in [5.74, 6) is 0. The van der Waals surface area contributed by atoms with Crippen LogP contribution in [0.3, 0.4) is 0 Å². The van der Waals surface area contributed by atoms with Crippen LogP contribution in [0, 0.1) is 0 Å². The van der Waals surface area contributed by atoms with E-state index in [0.717, 1.165) is 11.3 Å². The average Bonchev–Trinajstić information content (AvgIpc) is 2.30. The lowest BCUT2D eigenvalue weighted by Gasteiger charge is -1.99. The molecule has 2 nitrogen and oxygen atoms in total. The Balaban J connectivity index is 2.00. The second-order valence-electron chi connectivity index (χ2n) is 3.29. The van der Waals surface area contributed by atoms with E-state index < -0.39 is 0 Å². The van der Waals surface area contributed by atoms with Crippen molar-refractivity contribution in [3.63, 3.8) is 0 Å². The van der Waals surface area contributed by atoms with Crippen molar-refractivity contribution in [2.45, 2.75) is 0 Å². The van der Waals surface area contributed by atoms with Crippen LogP contribution in [-0.4, -0.2) is 6.21 Å². The van der Waals surface area contributed by atoms with E-state index in [9.17, 15) is 0 Å². The molecule has 0 bridgehead atoms. The van der Waals surface area contributed by atoms with Crippen molar-refractivity contribution < 1.29 is 0 Å². The Morgan fingerprint density at radius 3 is 2.56 bits per heavy atom. The molecule has 0 spiro atoms. The maximum absolute atomic E-state index is 5.85. The van der Waals surface area contributed by atoms with Gasteiger partial charge in [-0.2, -0.15) is 5.10 Å². The second-order valence-corrected chi connectivity index (χ2v) is 3.73. The second kappa shape index (κ2) is 5.33. The lowest BCUT2D eigenvalue weighted by molar-refractivity contribution is 1.35. The third-order valence-electron chi connectivity index (χ3n) is 2.03. The number of halogens is 1. The highest BCUT2D eigenvalue weighted by Gasteiger charge is 1.90. The Hall–Kier alpha value is -1.80. The minimum atomic E-state index is 0.694. The fraction of sp³-hybridized carbons (Fsp3) is 0. The molecule has 0 aliphatic heterocycles. The SMILES string of the molecule is Clc1cccc(N/N=C/c2ccccc2)c1. The first-order valence-electron chi connectivity index (χ1n) is 4.94. The van der Waals surface area contributed by atoms with E-state index in [-0.39, 0.29) is 0 Å². The van der Waals surface area contributed by atoms with Gasteiger partial charge in [-0.1, -0.05) is 48.0 Å². The van der Waals surface area contributed by atoms with E-state index in [2.05, 4.69) is 10.5 Å². The number of nitrogens with zero attached hydrogens (tertiary/aromatic N) is 1. The van der Waals surface area contributed by atoms with E-state index in [0.29, 0.717) is 5.02 Å². The third-order valence-corrected chi connectivity index (χ3v) is 2.27. The Morgan fingerprint density at radius 2 is 1.81 bits per heavy atom. The largest absolute Gasteiger partial charge is 0.278 e. The zero-order valence-electron chi connectivity index (χ0n) is 8.60. The zero-order valence-corrected chi connectivity index (χ0v) is 9.35. The summed E-state index contributed by atoms with van der Waals surface area (Å²) in [6.07, 6.45) is 1.76. The summed E-state index contributed by atoms with van der Waals surface area (Å²) >= 11 is 5.85.